The maximum atomic E-state index is 10.3. The van der Waals surface area contributed by atoms with Gasteiger partial charge in [-0.25, -0.2) is 4.89 Å². The van der Waals surface area contributed by atoms with Crippen LogP contribution in [0.5, 0.6) is 0 Å². The predicted octanol–water partition coefficient (Wildman–Crippen LogP) is 5.49. The molecule has 0 spiro atoms. The van der Waals surface area contributed by atoms with Crippen LogP contribution in [0, 0.1) is 0 Å². The van der Waals surface area contributed by atoms with Crippen molar-refractivity contribution in [2.24, 2.45) is 0 Å². The van der Waals surface area contributed by atoms with E-state index < -0.39 is 34.4 Å². The summed E-state index contributed by atoms with van der Waals surface area (Å²) in [4.78, 5) is 5.97. The van der Waals surface area contributed by atoms with Gasteiger partial charge in [0, 0.05) is 0 Å². The molecule has 24 heavy (non-hydrogen) atoms. The molecule has 0 saturated heterocycles. The molecule has 146 valence electrons. The second kappa shape index (κ2) is 8.78. The van der Waals surface area contributed by atoms with Crippen LogP contribution < -0.4 is 0 Å². The third kappa shape index (κ3) is 6.21. The van der Waals surface area contributed by atoms with E-state index in [1.54, 1.807) is 6.92 Å². The molecular formula is C18H42O4Si2. The van der Waals surface area contributed by atoms with Crippen molar-refractivity contribution >= 4 is 16.6 Å². The van der Waals surface area contributed by atoms with E-state index in [2.05, 4.69) is 61.2 Å². The molecule has 0 rings (SSSR count). The topological polar surface area (TPSA) is 47.9 Å². The zero-order valence-electron chi connectivity index (χ0n) is 18.1. The molecule has 0 aliphatic rings. The number of hydrogen-bond donors (Lipinski definition) is 1. The summed E-state index contributed by atoms with van der Waals surface area (Å²) in [5, 5.41) is 10.3. The summed E-state index contributed by atoms with van der Waals surface area (Å²) in [6, 6.07) is 0. The van der Waals surface area contributed by atoms with Crippen molar-refractivity contribution in [3.8, 4) is 0 Å². The molecule has 0 aromatic carbocycles. The Balaban J connectivity index is 5.47. The average Bonchev–Trinajstić information content (AvgIpc) is 2.28. The van der Waals surface area contributed by atoms with Gasteiger partial charge < -0.3 is 9.53 Å². The van der Waals surface area contributed by atoms with E-state index >= 15 is 0 Å². The highest BCUT2D eigenvalue weighted by Gasteiger charge is 2.49. The summed E-state index contributed by atoms with van der Waals surface area (Å²) in [5.74, 6) is 0. The zero-order valence-corrected chi connectivity index (χ0v) is 20.1. The summed E-state index contributed by atoms with van der Waals surface area (Å²) in [6.45, 7) is 25.4. The molecule has 0 amide bonds. The fraction of sp³-hybridized carbons (Fsp3) is 1.00. The van der Waals surface area contributed by atoms with Crippen molar-refractivity contribution in [2.75, 3.05) is 0 Å². The fourth-order valence-corrected chi connectivity index (χ4v) is 10.6. The molecule has 0 heterocycles. The van der Waals surface area contributed by atoms with E-state index in [0.29, 0.717) is 16.6 Å². The van der Waals surface area contributed by atoms with E-state index in [-0.39, 0.29) is 0 Å². The van der Waals surface area contributed by atoms with Gasteiger partial charge in [0.25, 0.3) is 0 Å². The maximum Gasteiger partial charge on any atom is 0.246 e. The standard InChI is InChI=1S/C18H42O4Si2/c1-13(2)24(14(3)4,15(5)6)22-20-17(16(7)19)18(8,9)21-23(10,11)12/h13-17,19H,1-12H3/t16-,17+/m0/s1. The Bertz CT molecular complexity index is 352. The van der Waals surface area contributed by atoms with Crippen molar-refractivity contribution in [1.82, 2.24) is 0 Å². The predicted molar refractivity (Wildman–Crippen MR) is 107 cm³/mol. The molecule has 0 aromatic heterocycles. The monoisotopic (exact) mass is 378 g/mol. The van der Waals surface area contributed by atoms with Crippen LogP contribution in [0.3, 0.4) is 0 Å². The first-order valence-electron chi connectivity index (χ1n) is 9.30. The molecule has 0 aliphatic heterocycles. The minimum atomic E-state index is -2.15. The third-order valence-electron chi connectivity index (χ3n) is 4.70. The first kappa shape index (κ1) is 24.3. The lowest BCUT2D eigenvalue weighted by Crippen LogP contribution is -2.55. The van der Waals surface area contributed by atoms with Gasteiger partial charge in [0.15, 0.2) is 8.32 Å². The minimum Gasteiger partial charge on any atom is -0.410 e. The number of hydrogen-bond acceptors (Lipinski definition) is 4. The van der Waals surface area contributed by atoms with Crippen LogP contribution >= 0.6 is 0 Å². The largest absolute Gasteiger partial charge is 0.410 e. The van der Waals surface area contributed by atoms with Crippen molar-refractivity contribution in [3.05, 3.63) is 0 Å². The first-order chi connectivity index (χ1) is 10.6. The Morgan fingerprint density at radius 3 is 1.42 bits per heavy atom. The second-order valence-electron chi connectivity index (χ2n) is 9.48. The molecule has 0 aromatic rings. The van der Waals surface area contributed by atoms with Crippen LogP contribution in [-0.4, -0.2) is 39.6 Å². The van der Waals surface area contributed by atoms with Crippen LogP contribution in [0.2, 0.25) is 36.3 Å². The SMILES string of the molecule is CC(C)[Si](OO[C@H]([C@H](C)O)C(C)(C)O[Si](C)(C)C)(C(C)C)C(C)C. The number of aliphatic hydroxyl groups is 1. The molecule has 1 N–H and O–H groups in total. The summed E-state index contributed by atoms with van der Waals surface area (Å²) >= 11 is 0. The van der Waals surface area contributed by atoms with E-state index in [1.807, 2.05) is 13.8 Å². The Morgan fingerprint density at radius 1 is 0.792 bits per heavy atom. The quantitative estimate of drug-likeness (QED) is 0.310. The zero-order chi connectivity index (χ0) is 19.5. The first-order valence-corrected chi connectivity index (χ1v) is 14.9. The van der Waals surface area contributed by atoms with Gasteiger partial charge in [-0.05, 0) is 57.0 Å². The van der Waals surface area contributed by atoms with Crippen LogP contribution in [0.4, 0.5) is 0 Å². The minimum absolute atomic E-state index is 0.424. The van der Waals surface area contributed by atoms with Crippen LogP contribution in [-0.2, 0) is 13.9 Å². The molecule has 0 unspecified atom stereocenters. The summed E-state index contributed by atoms with van der Waals surface area (Å²) in [7, 11) is -3.93. The van der Waals surface area contributed by atoms with Crippen LogP contribution in [0.15, 0.2) is 0 Å². The molecule has 0 fully saturated rings. The van der Waals surface area contributed by atoms with Gasteiger partial charge in [0.05, 0.1) is 11.7 Å². The average molecular weight is 379 g/mol. The molecule has 0 saturated carbocycles. The van der Waals surface area contributed by atoms with Crippen LogP contribution in [0.25, 0.3) is 0 Å². The summed E-state index contributed by atoms with van der Waals surface area (Å²) in [5.41, 5.74) is 0.665. The molecule has 0 radical (unpaired) electrons. The molecule has 6 heteroatoms. The van der Waals surface area contributed by atoms with E-state index in [1.165, 1.54) is 0 Å². The molecular weight excluding hydrogens is 336 g/mol. The molecule has 2 atom stereocenters. The van der Waals surface area contributed by atoms with Gasteiger partial charge >= 0.3 is 0 Å². The van der Waals surface area contributed by atoms with Crippen molar-refractivity contribution < 1.29 is 19.0 Å². The van der Waals surface area contributed by atoms with E-state index in [4.69, 9.17) is 13.9 Å². The molecule has 0 aliphatic carbocycles. The van der Waals surface area contributed by atoms with E-state index in [0.717, 1.165) is 0 Å². The Labute approximate surface area is 152 Å². The molecule has 0 bridgehead atoms. The van der Waals surface area contributed by atoms with Gasteiger partial charge in [-0.2, -0.15) is 0 Å². The van der Waals surface area contributed by atoms with Gasteiger partial charge in [-0.1, -0.05) is 41.5 Å². The van der Waals surface area contributed by atoms with Crippen LogP contribution in [0.1, 0.15) is 62.3 Å². The Morgan fingerprint density at radius 2 is 1.17 bits per heavy atom. The lowest BCUT2D eigenvalue weighted by molar-refractivity contribution is -0.309. The number of rotatable bonds is 10. The number of aliphatic hydroxyl groups excluding tert-OH is 1. The van der Waals surface area contributed by atoms with Crippen molar-refractivity contribution in [3.63, 3.8) is 0 Å². The fourth-order valence-electron chi connectivity index (χ4n) is 4.05. The smallest absolute Gasteiger partial charge is 0.246 e. The highest BCUT2D eigenvalue weighted by molar-refractivity contribution is 6.77. The maximum absolute atomic E-state index is 10.3. The Hall–Kier alpha value is 0.274. The highest BCUT2D eigenvalue weighted by atomic mass is 28.4. The lowest BCUT2D eigenvalue weighted by Gasteiger charge is -2.44. The third-order valence-corrected chi connectivity index (χ3v) is 11.6. The second-order valence-corrected chi connectivity index (χ2v) is 19.2. The van der Waals surface area contributed by atoms with E-state index in [9.17, 15) is 5.11 Å². The lowest BCUT2D eigenvalue weighted by atomic mass is 9.98. The van der Waals surface area contributed by atoms with Gasteiger partial charge in [0.2, 0.25) is 8.32 Å². The highest BCUT2D eigenvalue weighted by Crippen LogP contribution is 2.43. The van der Waals surface area contributed by atoms with Crippen molar-refractivity contribution in [1.29, 1.82) is 0 Å². The normalized spacial score (nSPS) is 17.0. The summed E-state index contributed by atoms with van der Waals surface area (Å²) in [6.07, 6.45) is -1.19. The molecule has 4 nitrogen and oxygen atoms in total. The van der Waals surface area contributed by atoms with Gasteiger partial charge in [-0.3, -0.25) is 4.58 Å². The van der Waals surface area contributed by atoms with Crippen molar-refractivity contribution in [2.45, 2.75) is 116 Å². The van der Waals surface area contributed by atoms with Gasteiger partial charge in [-0.15, -0.1) is 0 Å². The van der Waals surface area contributed by atoms with Gasteiger partial charge in [0.1, 0.15) is 6.10 Å². The summed E-state index contributed by atoms with van der Waals surface area (Å²) < 4.78 is 12.5. The Kier molecular flexibility index (Phi) is 8.88.